The van der Waals surface area contributed by atoms with Crippen LogP contribution in [0, 0.1) is 11.6 Å². The minimum absolute atomic E-state index is 0.113. The first-order chi connectivity index (χ1) is 14.1. The maximum Gasteiger partial charge on any atom is 0.321 e. The molecule has 29 heavy (non-hydrogen) atoms. The van der Waals surface area contributed by atoms with Crippen molar-refractivity contribution in [2.75, 3.05) is 36.4 Å². The first kappa shape index (κ1) is 18.9. The van der Waals surface area contributed by atoms with Crippen LogP contribution < -0.4 is 10.2 Å². The van der Waals surface area contributed by atoms with Crippen molar-refractivity contribution in [1.82, 2.24) is 4.90 Å². The summed E-state index contributed by atoms with van der Waals surface area (Å²) in [5.41, 5.74) is 2.79. The third-order valence-electron chi connectivity index (χ3n) is 5.05. The van der Waals surface area contributed by atoms with Gasteiger partial charge in [-0.15, -0.1) is 0 Å². The van der Waals surface area contributed by atoms with E-state index >= 15 is 0 Å². The highest BCUT2D eigenvalue weighted by Gasteiger charge is 2.21. The van der Waals surface area contributed by atoms with Crippen LogP contribution in [0.15, 0.2) is 72.8 Å². The zero-order chi connectivity index (χ0) is 20.2. The summed E-state index contributed by atoms with van der Waals surface area (Å²) in [6.45, 7) is 2.54. The number of hydrogen-bond donors (Lipinski definition) is 1. The summed E-state index contributed by atoms with van der Waals surface area (Å²) in [5.74, 6) is -1.17. The molecule has 0 radical (unpaired) electrons. The van der Waals surface area contributed by atoms with Gasteiger partial charge in [-0.1, -0.05) is 30.3 Å². The maximum atomic E-state index is 14.1. The second-order valence-electron chi connectivity index (χ2n) is 6.94. The van der Waals surface area contributed by atoms with E-state index in [-0.39, 0.29) is 6.03 Å². The molecule has 1 aliphatic rings. The Balaban J connectivity index is 1.42. The van der Waals surface area contributed by atoms with Crippen LogP contribution in [0.3, 0.4) is 0 Å². The number of benzene rings is 3. The molecule has 0 unspecified atom stereocenters. The molecular weight excluding hydrogens is 372 g/mol. The standard InChI is InChI=1S/C23H21F2N3O/c24-18-9-10-21(22(25)16-18)17-5-4-8-20(15-17)27-11-13-28(14-12-27)23(29)26-19-6-2-1-3-7-19/h1-10,15-16H,11-14H2,(H,26,29). The van der Waals surface area contributed by atoms with Crippen LogP contribution in [-0.2, 0) is 0 Å². The average molecular weight is 393 g/mol. The number of carbonyl (C=O) groups excluding carboxylic acids is 1. The summed E-state index contributed by atoms with van der Waals surface area (Å²) in [6.07, 6.45) is 0. The number of piperazine rings is 1. The van der Waals surface area contributed by atoms with Gasteiger partial charge in [-0.2, -0.15) is 0 Å². The molecule has 4 rings (SSSR count). The van der Waals surface area contributed by atoms with E-state index in [1.807, 2.05) is 54.6 Å². The zero-order valence-corrected chi connectivity index (χ0v) is 15.8. The monoisotopic (exact) mass is 393 g/mol. The first-order valence-electron chi connectivity index (χ1n) is 9.51. The Kier molecular flexibility index (Phi) is 5.42. The fourth-order valence-corrected chi connectivity index (χ4v) is 3.49. The normalized spacial score (nSPS) is 14.0. The number of anilines is 2. The predicted octanol–water partition coefficient (Wildman–Crippen LogP) is 4.99. The average Bonchev–Trinajstić information content (AvgIpc) is 2.75. The Labute approximate surface area is 168 Å². The van der Waals surface area contributed by atoms with E-state index in [0.717, 1.165) is 17.4 Å². The predicted molar refractivity (Wildman–Crippen MR) is 111 cm³/mol. The lowest BCUT2D eigenvalue weighted by molar-refractivity contribution is 0.208. The van der Waals surface area contributed by atoms with Crippen molar-refractivity contribution in [3.8, 4) is 11.1 Å². The van der Waals surface area contributed by atoms with Gasteiger partial charge in [-0.05, 0) is 42.0 Å². The zero-order valence-electron chi connectivity index (χ0n) is 15.8. The Morgan fingerprint density at radius 2 is 1.59 bits per heavy atom. The van der Waals surface area contributed by atoms with Gasteiger partial charge in [0.1, 0.15) is 11.6 Å². The molecule has 3 aromatic carbocycles. The molecule has 1 saturated heterocycles. The summed E-state index contributed by atoms with van der Waals surface area (Å²) in [6, 6.07) is 20.4. The molecule has 0 aliphatic carbocycles. The van der Waals surface area contributed by atoms with Gasteiger partial charge in [0, 0.05) is 49.2 Å². The molecule has 3 aromatic rings. The smallest absolute Gasteiger partial charge is 0.321 e. The van der Waals surface area contributed by atoms with E-state index in [1.54, 1.807) is 4.90 Å². The molecule has 6 heteroatoms. The van der Waals surface area contributed by atoms with Gasteiger partial charge in [0.05, 0.1) is 0 Å². The van der Waals surface area contributed by atoms with Gasteiger partial charge in [-0.3, -0.25) is 0 Å². The fourth-order valence-electron chi connectivity index (χ4n) is 3.49. The highest BCUT2D eigenvalue weighted by molar-refractivity contribution is 5.89. The molecule has 0 spiro atoms. The van der Waals surface area contributed by atoms with Gasteiger partial charge in [0.2, 0.25) is 0 Å². The highest BCUT2D eigenvalue weighted by atomic mass is 19.1. The lowest BCUT2D eigenvalue weighted by Crippen LogP contribution is -2.50. The number of nitrogens with zero attached hydrogens (tertiary/aromatic N) is 2. The number of urea groups is 1. The molecule has 0 aromatic heterocycles. The van der Waals surface area contributed by atoms with Gasteiger partial charge in [0.25, 0.3) is 0 Å². The van der Waals surface area contributed by atoms with Crippen LogP contribution in [0.4, 0.5) is 25.0 Å². The van der Waals surface area contributed by atoms with Crippen molar-refractivity contribution in [2.45, 2.75) is 0 Å². The number of hydrogen-bond acceptors (Lipinski definition) is 2. The number of amides is 2. The molecule has 1 fully saturated rings. The molecule has 2 amide bonds. The number of halogens is 2. The Morgan fingerprint density at radius 3 is 2.31 bits per heavy atom. The van der Waals surface area contributed by atoms with E-state index in [9.17, 15) is 13.6 Å². The van der Waals surface area contributed by atoms with Crippen LogP contribution >= 0.6 is 0 Å². The SMILES string of the molecule is O=C(Nc1ccccc1)N1CCN(c2cccc(-c3ccc(F)cc3F)c2)CC1. The van der Waals surface area contributed by atoms with Crippen LogP contribution in [0.1, 0.15) is 0 Å². The second-order valence-corrected chi connectivity index (χ2v) is 6.94. The molecule has 0 atom stereocenters. The van der Waals surface area contributed by atoms with Crippen molar-refractivity contribution in [2.24, 2.45) is 0 Å². The topological polar surface area (TPSA) is 35.6 Å². The number of rotatable bonds is 3. The summed E-state index contributed by atoms with van der Waals surface area (Å²) in [5, 5.41) is 2.90. The first-order valence-corrected chi connectivity index (χ1v) is 9.51. The lowest BCUT2D eigenvalue weighted by Gasteiger charge is -2.36. The summed E-state index contributed by atoms with van der Waals surface area (Å²) in [7, 11) is 0. The Bertz CT molecular complexity index is 1000. The molecule has 148 valence electrons. The molecule has 4 nitrogen and oxygen atoms in total. The third kappa shape index (κ3) is 4.37. The fraction of sp³-hybridized carbons (Fsp3) is 0.174. The number of carbonyl (C=O) groups is 1. The molecular formula is C23H21F2N3O. The van der Waals surface area contributed by atoms with E-state index in [1.165, 1.54) is 12.1 Å². The minimum atomic E-state index is -0.590. The van der Waals surface area contributed by atoms with Crippen LogP contribution in [0.5, 0.6) is 0 Å². The summed E-state index contributed by atoms with van der Waals surface area (Å²) >= 11 is 0. The Morgan fingerprint density at radius 1 is 0.828 bits per heavy atom. The molecule has 0 saturated carbocycles. The van der Waals surface area contributed by atoms with Crippen molar-refractivity contribution in [3.63, 3.8) is 0 Å². The Hall–Kier alpha value is -3.41. The highest BCUT2D eigenvalue weighted by Crippen LogP contribution is 2.28. The molecule has 0 bridgehead atoms. The number of nitrogens with one attached hydrogen (secondary N) is 1. The number of para-hydroxylation sites is 1. The van der Waals surface area contributed by atoms with Gasteiger partial charge >= 0.3 is 6.03 Å². The summed E-state index contributed by atoms with van der Waals surface area (Å²) in [4.78, 5) is 16.4. The van der Waals surface area contributed by atoms with Crippen LogP contribution in [0.2, 0.25) is 0 Å². The maximum absolute atomic E-state index is 14.1. The summed E-state index contributed by atoms with van der Waals surface area (Å²) < 4.78 is 27.3. The van der Waals surface area contributed by atoms with Crippen molar-refractivity contribution in [1.29, 1.82) is 0 Å². The van der Waals surface area contributed by atoms with E-state index in [0.29, 0.717) is 37.3 Å². The van der Waals surface area contributed by atoms with Crippen LogP contribution in [0.25, 0.3) is 11.1 Å². The van der Waals surface area contributed by atoms with E-state index in [2.05, 4.69) is 10.2 Å². The van der Waals surface area contributed by atoms with E-state index in [4.69, 9.17) is 0 Å². The largest absolute Gasteiger partial charge is 0.368 e. The van der Waals surface area contributed by atoms with Crippen molar-refractivity contribution >= 4 is 17.4 Å². The van der Waals surface area contributed by atoms with Gasteiger partial charge < -0.3 is 15.1 Å². The second kappa shape index (κ2) is 8.31. The quantitative estimate of drug-likeness (QED) is 0.681. The third-order valence-corrected chi connectivity index (χ3v) is 5.05. The van der Waals surface area contributed by atoms with Crippen LogP contribution in [-0.4, -0.2) is 37.1 Å². The minimum Gasteiger partial charge on any atom is -0.368 e. The van der Waals surface area contributed by atoms with E-state index < -0.39 is 11.6 Å². The molecule has 1 heterocycles. The lowest BCUT2D eigenvalue weighted by atomic mass is 10.0. The van der Waals surface area contributed by atoms with Crippen molar-refractivity contribution < 1.29 is 13.6 Å². The molecule has 1 aliphatic heterocycles. The van der Waals surface area contributed by atoms with Crippen molar-refractivity contribution in [3.05, 3.63) is 84.4 Å². The molecule has 1 N–H and O–H groups in total. The van der Waals surface area contributed by atoms with Gasteiger partial charge in [0.15, 0.2) is 0 Å². The van der Waals surface area contributed by atoms with Gasteiger partial charge in [-0.25, -0.2) is 13.6 Å².